The molecule has 1 saturated heterocycles. The molecule has 30 heavy (non-hydrogen) atoms. The lowest BCUT2D eigenvalue weighted by atomic mass is 9.74. The molecule has 6 nitrogen and oxygen atoms in total. The first-order chi connectivity index (χ1) is 14.4. The summed E-state index contributed by atoms with van der Waals surface area (Å²) in [7, 11) is 2.02. The van der Waals surface area contributed by atoms with Gasteiger partial charge in [0.25, 0.3) is 0 Å². The molecule has 4 N–H and O–H groups in total. The van der Waals surface area contributed by atoms with Crippen molar-refractivity contribution in [3.8, 4) is 0 Å². The molecule has 6 heteroatoms. The number of likely N-dealkylation sites (N-methyl/N-ethyl adjacent to an activating group) is 1. The highest BCUT2D eigenvalue weighted by Gasteiger charge is 2.47. The molecule has 1 fully saturated rings. The number of β-amino-alcohol motifs (C(OH)–C–C–N with tert-alkyl or cyclic N) is 1. The lowest BCUT2D eigenvalue weighted by Gasteiger charge is -2.46. The van der Waals surface area contributed by atoms with Gasteiger partial charge in [-0.3, -0.25) is 4.79 Å². The van der Waals surface area contributed by atoms with Crippen LogP contribution in [-0.2, 0) is 4.79 Å². The van der Waals surface area contributed by atoms with Crippen LogP contribution in [0.3, 0.4) is 0 Å². The fourth-order valence-corrected chi connectivity index (χ4v) is 4.89. The molecule has 1 rings (SSSR count). The third-order valence-electron chi connectivity index (χ3n) is 6.81. The van der Waals surface area contributed by atoms with Crippen LogP contribution in [0.25, 0.3) is 0 Å². The first-order valence-electron chi connectivity index (χ1n) is 12.3. The normalized spacial score (nSPS) is 24.9. The van der Waals surface area contributed by atoms with Crippen LogP contribution in [0.2, 0.25) is 0 Å². The van der Waals surface area contributed by atoms with Gasteiger partial charge in [-0.05, 0) is 39.2 Å². The number of nitrogens with zero attached hydrogens (tertiary/aromatic N) is 1. The maximum atomic E-state index is 11.9. The fraction of sp³-hybridized carbons (Fsp3) is 0.958. The van der Waals surface area contributed by atoms with E-state index in [1.165, 1.54) is 38.5 Å². The molecular formula is C24H47NO5. The Labute approximate surface area is 183 Å². The van der Waals surface area contributed by atoms with E-state index in [1.807, 2.05) is 7.05 Å². The number of aliphatic hydroxyl groups excluding tert-OH is 2. The summed E-state index contributed by atoms with van der Waals surface area (Å²) in [4.78, 5) is 14.0. The number of carbonyl (C=O) groups is 1. The number of carboxylic acids is 1. The zero-order chi connectivity index (χ0) is 22.2. The van der Waals surface area contributed by atoms with Crippen LogP contribution in [0.5, 0.6) is 0 Å². The van der Waals surface area contributed by atoms with E-state index in [2.05, 4.69) is 4.90 Å². The molecule has 0 aromatic heterocycles. The van der Waals surface area contributed by atoms with E-state index in [0.29, 0.717) is 26.0 Å². The van der Waals surface area contributed by atoms with Crippen molar-refractivity contribution < 1.29 is 25.2 Å². The number of piperidine rings is 1. The van der Waals surface area contributed by atoms with Gasteiger partial charge in [0.05, 0.1) is 11.5 Å². The summed E-state index contributed by atoms with van der Waals surface area (Å²) in [5.74, 6) is -1.55. The molecule has 1 aliphatic rings. The average molecular weight is 430 g/mol. The third kappa shape index (κ3) is 10.6. The minimum Gasteiger partial charge on any atom is -0.481 e. The lowest BCUT2D eigenvalue weighted by Crippen LogP contribution is -2.58. The van der Waals surface area contributed by atoms with E-state index in [4.69, 9.17) is 10.2 Å². The van der Waals surface area contributed by atoms with Gasteiger partial charge in [0.15, 0.2) is 0 Å². The molecule has 0 radical (unpaired) electrons. The molecule has 178 valence electrons. The molecular weight excluding hydrogens is 382 g/mol. The molecule has 0 aliphatic carbocycles. The van der Waals surface area contributed by atoms with Gasteiger partial charge >= 0.3 is 5.97 Å². The summed E-state index contributed by atoms with van der Waals surface area (Å²) in [6, 6.07) is 0.235. The van der Waals surface area contributed by atoms with Gasteiger partial charge in [-0.1, -0.05) is 70.6 Å². The van der Waals surface area contributed by atoms with Crippen molar-refractivity contribution in [3.05, 3.63) is 0 Å². The predicted octanol–water partition coefficient (Wildman–Crippen LogP) is 3.96. The van der Waals surface area contributed by atoms with Gasteiger partial charge in [-0.15, -0.1) is 0 Å². The Morgan fingerprint density at radius 3 is 1.80 bits per heavy atom. The van der Waals surface area contributed by atoms with Crippen molar-refractivity contribution in [3.63, 3.8) is 0 Å². The highest BCUT2D eigenvalue weighted by Crippen LogP contribution is 2.36. The van der Waals surface area contributed by atoms with E-state index in [1.54, 1.807) is 0 Å². The summed E-state index contributed by atoms with van der Waals surface area (Å²) in [6.07, 6.45) is 16.1. The smallest absolute Gasteiger partial charge is 0.309 e. The van der Waals surface area contributed by atoms with Crippen molar-refractivity contribution in [1.29, 1.82) is 0 Å². The molecule has 0 spiro atoms. The number of aliphatic carboxylic acids is 1. The van der Waals surface area contributed by atoms with Crippen LogP contribution in [-0.4, -0.2) is 69.7 Å². The average Bonchev–Trinajstić information content (AvgIpc) is 2.70. The standard InChI is InChI=1S/C24H47NO5/c1-25-20-24(30,16-12-8-10-14-18-27)22(23(28)29)19-21(25)15-11-7-5-3-2-4-6-9-13-17-26/h21-22,26-27,30H,2-20H2,1H3,(H,28,29). The molecule has 3 atom stereocenters. The molecule has 0 aromatic carbocycles. The Kier molecular flexibility index (Phi) is 14.6. The number of aliphatic hydroxyl groups is 3. The van der Waals surface area contributed by atoms with Crippen LogP contribution < -0.4 is 0 Å². The van der Waals surface area contributed by atoms with Crippen LogP contribution in [0.15, 0.2) is 0 Å². The molecule has 1 aliphatic heterocycles. The Balaban J connectivity index is 2.29. The predicted molar refractivity (Wildman–Crippen MR) is 121 cm³/mol. The summed E-state index contributed by atoms with van der Waals surface area (Å²) >= 11 is 0. The van der Waals surface area contributed by atoms with Crippen molar-refractivity contribution in [2.75, 3.05) is 26.8 Å². The largest absolute Gasteiger partial charge is 0.481 e. The molecule has 0 aromatic rings. The highest BCUT2D eigenvalue weighted by molar-refractivity contribution is 5.72. The lowest BCUT2D eigenvalue weighted by molar-refractivity contribution is -0.163. The van der Waals surface area contributed by atoms with Gasteiger partial charge in [-0.25, -0.2) is 0 Å². The SMILES string of the molecule is CN1CC(O)(CCCCCCO)C(C(=O)O)CC1CCCCCCCCCCCO. The number of hydrogen-bond acceptors (Lipinski definition) is 5. The van der Waals surface area contributed by atoms with Gasteiger partial charge in [0.2, 0.25) is 0 Å². The second-order valence-corrected chi connectivity index (χ2v) is 9.38. The summed E-state index contributed by atoms with van der Waals surface area (Å²) < 4.78 is 0. The minimum atomic E-state index is -1.15. The first kappa shape index (κ1) is 27.3. The quantitative estimate of drug-likeness (QED) is 0.246. The minimum absolute atomic E-state index is 0.192. The van der Waals surface area contributed by atoms with Crippen LogP contribution >= 0.6 is 0 Å². The van der Waals surface area contributed by atoms with Crippen molar-refractivity contribution in [2.24, 2.45) is 5.92 Å². The number of unbranched alkanes of at least 4 members (excludes halogenated alkanes) is 11. The van der Waals surface area contributed by atoms with Crippen LogP contribution in [0, 0.1) is 5.92 Å². The number of rotatable bonds is 18. The van der Waals surface area contributed by atoms with E-state index in [9.17, 15) is 15.0 Å². The maximum absolute atomic E-state index is 11.9. The zero-order valence-electron chi connectivity index (χ0n) is 19.2. The van der Waals surface area contributed by atoms with E-state index < -0.39 is 17.5 Å². The first-order valence-corrected chi connectivity index (χ1v) is 12.3. The molecule has 1 heterocycles. The maximum Gasteiger partial charge on any atom is 0.309 e. The van der Waals surface area contributed by atoms with E-state index in [-0.39, 0.29) is 12.6 Å². The fourth-order valence-electron chi connectivity index (χ4n) is 4.89. The Morgan fingerprint density at radius 2 is 1.30 bits per heavy atom. The Bertz CT molecular complexity index is 447. The Hall–Kier alpha value is -0.690. The summed E-state index contributed by atoms with van der Waals surface area (Å²) in [5, 5.41) is 38.5. The van der Waals surface area contributed by atoms with Gasteiger partial charge in [0, 0.05) is 25.8 Å². The summed E-state index contributed by atoms with van der Waals surface area (Å²) in [6.45, 7) is 0.930. The van der Waals surface area contributed by atoms with Gasteiger partial charge < -0.3 is 25.3 Å². The second kappa shape index (κ2) is 16.0. The molecule has 0 amide bonds. The Morgan fingerprint density at radius 1 is 0.833 bits per heavy atom. The molecule has 3 unspecified atom stereocenters. The monoisotopic (exact) mass is 429 g/mol. The van der Waals surface area contributed by atoms with Crippen molar-refractivity contribution in [1.82, 2.24) is 4.90 Å². The van der Waals surface area contributed by atoms with Crippen LogP contribution in [0.4, 0.5) is 0 Å². The second-order valence-electron chi connectivity index (χ2n) is 9.38. The van der Waals surface area contributed by atoms with Crippen molar-refractivity contribution in [2.45, 2.75) is 114 Å². The van der Waals surface area contributed by atoms with Gasteiger partial charge in [-0.2, -0.15) is 0 Å². The number of likely N-dealkylation sites (tertiary alicyclic amines) is 1. The topological polar surface area (TPSA) is 101 Å². The highest BCUT2D eigenvalue weighted by atomic mass is 16.4. The number of hydrogen-bond donors (Lipinski definition) is 4. The molecule has 0 bridgehead atoms. The summed E-state index contributed by atoms with van der Waals surface area (Å²) in [5.41, 5.74) is -1.15. The van der Waals surface area contributed by atoms with Crippen molar-refractivity contribution >= 4 is 5.97 Å². The van der Waals surface area contributed by atoms with Crippen LogP contribution in [0.1, 0.15) is 103 Å². The van der Waals surface area contributed by atoms with E-state index >= 15 is 0 Å². The third-order valence-corrected chi connectivity index (χ3v) is 6.81. The van der Waals surface area contributed by atoms with Gasteiger partial charge in [0.1, 0.15) is 0 Å². The van der Waals surface area contributed by atoms with E-state index in [0.717, 1.165) is 51.4 Å². The number of carboxylic acid groups (broad SMARTS) is 1. The zero-order valence-corrected chi connectivity index (χ0v) is 19.2. The molecule has 0 saturated carbocycles.